The summed E-state index contributed by atoms with van der Waals surface area (Å²) in [7, 11) is 0. The number of aliphatic carboxylic acids is 1. The molecule has 20 heavy (non-hydrogen) atoms. The van der Waals surface area contributed by atoms with Crippen LogP contribution < -0.4 is 5.32 Å². The van der Waals surface area contributed by atoms with Crippen LogP contribution in [0, 0.1) is 11.8 Å². The first-order valence-corrected chi connectivity index (χ1v) is 7.09. The highest BCUT2D eigenvalue weighted by Crippen LogP contribution is 2.29. The maximum absolute atomic E-state index is 12.1. The second-order valence-electron chi connectivity index (χ2n) is 4.94. The number of hydrogen-bond acceptors (Lipinski definition) is 4. The Morgan fingerprint density at radius 2 is 2.05 bits per heavy atom. The number of nitrogens with one attached hydrogen (secondary N) is 1. The van der Waals surface area contributed by atoms with Gasteiger partial charge in [0.05, 0.1) is 15.8 Å². The van der Waals surface area contributed by atoms with Crippen molar-refractivity contribution in [1.82, 2.24) is 4.90 Å². The van der Waals surface area contributed by atoms with E-state index < -0.39 is 11.9 Å². The Morgan fingerprint density at radius 1 is 1.40 bits per heavy atom. The molecule has 7 heteroatoms. The number of carboxylic acid groups (broad SMARTS) is 1. The molecule has 2 heterocycles. The number of carbonyl (C=O) groups excluding carboxylic acids is 2. The molecule has 0 aliphatic carbocycles. The lowest BCUT2D eigenvalue weighted by atomic mass is 9.87. The highest BCUT2D eigenvalue weighted by molar-refractivity contribution is 7.18. The Labute approximate surface area is 120 Å². The number of carbonyl (C=O) groups is 3. The molecule has 1 aliphatic rings. The fourth-order valence-electron chi connectivity index (χ4n) is 2.05. The summed E-state index contributed by atoms with van der Waals surface area (Å²) in [6, 6.07) is 3.36. The normalized spacial score (nSPS) is 16.4. The summed E-state index contributed by atoms with van der Waals surface area (Å²) in [4.78, 5) is 36.1. The van der Waals surface area contributed by atoms with Crippen LogP contribution in [0.15, 0.2) is 12.1 Å². The minimum atomic E-state index is -0.828. The van der Waals surface area contributed by atoms with Crippen molar-refractivity contribution in [2.75, 3.05) is 18.4 Å². The molecule has 0 spiro atoms. The number of thiophene rings is 1. The molecule has 1 unspecified atom stereocenters. The fourth-order valence-corrected chi connectivity index (χ4v) is 2.97. The Balaban J connectivity index is 1.92. The summed E-state index contributed by atoms with van der Waals surface area (Å²) in [5.41, 5.74) is 0. The van der Waals surface area contributed by atoms with E-state index in [0.717, 1.165) is 0 Å². The van der Waals surface area contributed by atoms with Crippen LogP contribution in [0.4, 0.5) is 5.00 Å². The number of carboxylic acids is 1. The van der Waals surface area contributed by atoms with E-state index in [9.17, 15) is 14.4 Å². The molecule has 1 atom stereocenters. The number of rotatable bonds is 4. The first kappa shape index (κ1) is 14.5. The Bertz CT molecular complexity index is 548. The first-order chi connectivity index (χ1) is 9.38. The van der Waals surface area contributed by atoms with E-state index in [1.807, 2.05) is 0 Å². The van der Waals surface area contributed by atoms with Crippen molar-refractivity contribution in [3.63, 3.8) is 0 Å². The maximum atomic E-state index is 12.1. The SMILES string of the molecule is CC(=O)Nc1ccc(C(=O)N2CC(C(C)C(=O)O)C2)s1. The summed E-state index contributed by atoms with van der Waals surface area (Å²) in [6.07, 6.45) is 0. The third kappa shape index (κ3) is 2.98. The van der Waals surface area contributed by atoms with Gasteiger partial charge in [0, 0.05) is 25.9 Å². The molecule has 1 aromatic rings. The molecule has 1 aromatic heterocycles. The number of hydrogen-bond donors (Lipinski definition) is 2. The molecular formula is C13H16N2O4S. The summed E-state index contributed by atoms with van der Waals surface area (Å²) in [5.74, 6) is -1.53. The zero-order chi connectivity index (χ0) is 14.9. The van der Waals surface area contributed by atoms with E-state index in [1.54, 1.807) is 24.0 Å². The molecule has 6 nitrogen and oxygen atoms in total. The smallest absolute Gasteiger partial charge is 0.306 e. The van der Waals surface area contributed by atoms with E-state index in [1.165, 1.54) is 18.3 Å². The van der Waals surface area contributed by atoms with E-state index in [0.29, 0.717) is 23.0 Å². The van der Waals surface area contributed by atoms with Crippen molar-refractivity contribution in [2.24, 2.45) is 11.8 Å². The molecule has 1 aliphatic heterocycles. The van der Waals surface area contributed by atoms with Crippen molar-refractivity contribution < 1.29 is 19.5 Å². The van der Waals surface area contributed by atoms with Crippen molar-refractivity contribution in [1.29, 1.82) is 0 Å². The summed E-state index contributed by atoms with van der Waals surface area (Å²) < 4.78 is 0. The van der Waals surface area contributed by atoms with Crippen LogP contribution >= 0.6 is 11.3 Å². The van der Waals surface area contributed by atoms with Gasteiger partial charge in [-0.05, 0) is 12.1 Å². The molecule has 2 N–H and O–H groups in total. The summed E-state index contributed by atoms with van der Waals surface area (Å²) >= 11 is 1.22. The summed E-state index contributed by atoms with van der Waals surface area (Å²) in [5, 5.41) is 12.2. The van der Waals surface area contributed by atoms with Gasteiger partial charge in [-0.1, -0.05) is 6.92 Å². The second-order valence-corrected chi connectivity index (χ2v) is 6.03. The van der Waals surface area contributed by atoms with E-state index in [-0.39, 0.29) is 17.7 Å². The predicted molar refractivity (Wildman–Crippen MR) is 74.8 cm³/mol. The zero-order valence-corrected chi connectivity index (χ0v) is 12.1. The Kier molecular flexibility index (Phi) is 4.08. The van der Waals surface area contributed by atoms with E-state index >= 15 is 0 Å². The Hall–Kier alpha value is -1.89. The quantitative estimate of drug-likeness (QED) is 0.881. The second kappa shape index (κ2) is 5.62. The average Bonchev–Trinajstić information content (AvgIpc) is 2.74. The number of anilines is 1. The zero-order valence-electron chi connectivity index (χ0n) is 11.3. The highest BCUT2D eigenvalue weighted by Gasteiger charge is 2.37. The van der Waals surface area contributed by atoms with Gasteiger partial charge in [-0.2, -0.15) is 0 Å². The van der Waals surface area contributed by atoms with Crippen LogP contribution in [0.5, 0.6) is 0 Å². The molecule has 108 valence electrons. The molecule has 2 amide bonds. The molecule has 0 radical (unpaired) electrons. The number of nitrogens with zero attached hydrogens (tertiary/aromatic N) is 1. The Morgan fingerprint density at radius 3 is 2.60 bits per heavy atom. The van der Waals surface area contributed by atoms with Gasteiger partial charge in [0.1, 0.15) is 0 Å². The van der Waals surface area contributed by atoms with Crippen LogP contribution in [-0.4, -0.2) is 40.9 Å². The van der Waals surface area contributed by atoms with Gasteiger partial charge in [0.2, 0.25) is 5.91 Å². The average molecular weight is 296 g/mol. The third-order valence-electron chi connectivity index (χ3n) is 3.41. The van der Waals surface area contributed by atoms with Crippen molar-refractivity contribution >= 4 is 34.1 Å². The van der Waals surface area contributed by atoms with E-state index in [4.69, 9.17) is 5.11 Å². The van der Waals surface area contributed by atoms with Crippen LogP contribution in [0.25, 0.3) is 0 Å². The van der Waals surface area contributed by atoms with Crippen LogP contribution in [0.1, 0.15) is 23.5 Å². The standard InChI is InChI=1S/C13H16N2O4S/c1-7(13(18)19)9-5-15(6-9)12(17)10-3-4-11(20-10)14-8(2)16/h3-4,7,9H,5-6H2,1-2H3,(H,14,16)(H,18,19). The molecule has 0 saturated carbocycles. The van der Waals surface area contributed by atoms with Gasteiger partial charge in [0.25, 0.3) is 5.91 Å². The monoisotopic (exact) mass is 296 g/mol. The predicted octanol–water partition coefficient (Wildman–Crippen LogP) is 1.50. The molecule has 1 saturated heterocycles. The van der Waals surface area contributed by atoms with Crippen LogP contribution in [0.2, 0.25) is 0 Å². The van der Waals surface area contributed by atoms with Gasteiger partial charge in [-0.3, -0.25) is 14.4 Å². The highest BCUT2D eigenvalue weighted by atomic mass is 32.1. The third-order valence-corrected chi connectivity index (χ3v) is 4.40. The van der Waals surface area contributed by atoms with Crippen molar-refractivity contribution in [3.05, 3.63) is 17.0 Å². The molecular weight excluding hydrogens is 280 g/mol. The molecule has 0 aromatic carbocycles. The van der Waals surface area contributed by atoms with Gasteiger partial charge in [0.15, 0.2) is 0 Å². The van der Waals surface area contributed by atoms with Gasteiger partial charge >= 0.3 is 5.97 Å². The van der Waals surface area contributed by atoms with Gasteiger partial charge < -0.3 is 15.3 Å². The van der Waals surface area contributed by atoms with Crippen LogP contribution in [0.3, 0.4) is 0 Å². The maximum Gasteiger partial charge on any atom is 0.306 e. The molecule has 0 bridgehead atoms. The topological polar surface area (TPSA) is 86.7 Å². The van der Waals surface area contributed by atoms with Crippen LogP contribution in [-0.2, 0) is 9.59 Å². The van der Waals surface area contributed by atoms with Crippen molar-refractivity contribution in [2.45, 2.75) is 13.8 Å². The lowest BCUT2D eigenvalue weighted by molar-refractivity contribution is -0.144. The minimum absolute atomic E-state index is 0.0197. The number of likely N-dealkylation sites (tertiary alicyclic amines) is 1. The number of amides is 2. The molecule has 2 rings (SSSR count). The lowest BCUT2D eigenvalue weighted by Crippen LogP contribution is -2.53. The molecule has 1 fully saturated rings. The summed E-state index contributed by atoms with van der Waals surface area (Å²) in [6.45, 7) is 4.02. The van der Waals surface area contributed by atoms with Gasteiger partial charge in [-0.15, -0.1) is 11.3 Å². The fraction of sp³-hybridized carbons (Fsp3) is 0.462. The largest absolute Gasteiger partial charge is 0.481 e. The lowest BCUT2D eigenvalue weighted by Gasteiger charge is -2.40. The van der Waals surface area contributed by atoms with Crippen molar-refractivity contribution in [3.8, 4) is 0 Å². The first-order valence-electron chi connectivity index (χ1n) is 6.28. The minimum Gasteiger partial charge on any atom is -0.481 e. The van der Waals surface area contributed by atoms with E-state index in [2.05, 4.69) is 5.32 Å². The van der Waals surface area contributed by atoms with Gasteiger partial charge in [-0.25, -0.2) is 0 Å².